The molecular weight excluding hydrogens is 194 g/mol. The Hall–Kier alpha value is -1.42. The monoisotopic (exact) mass is 209 g/mol. The summed E-state index contributed by atoms with van der Waals surface area (Å²) in [4.78, 5) is 0. The Bertz CT molecular complexity index is 352. The van der Waals surface area contributed by atoms with E-state index in [-0.39, 0.29) is 0 Å². The topological polar surface area (TPSA) is 39.7 Å². The molecular formula is C11H15NO3. The van der Waals surface area contributed by atoms with Crippen LogP contribution in [0, 0.1) is 0 Å². The van der Waals surface area contributed by atoms with Gasteiger partial charge in [0.2, 0.25) is 5.75 Å². The van der Waals surface area contributed by atoms with Gasteiger partial charge in [-0.3, -0.25) is 0 Å². The van der Waals surface area contributed by atoms with Crippen LogP contribution in [0.2, 0.25) is 0 Å². The molecule has 15 heavy (non-hydrogen) atoms. The third-order valence-corrected chi connectivity index (χ3v) is 2.42. The van der Waals surface area contributed by atoms with Crippen molar-refractivity contribution >= 4 is 0 Å². The Morgan fingerprint density at radius 2 is 2.13 bits per heavy atom. The van der Waals surface area contributed by atoms with Crippen LogP contribution in [0.15, 0.2) is 12.1 Å². The molecule has 1 aromatic rings. The molecule has 1 aromatic carbocycles. The Kier molecular flexibility index (Phi) is 2.97. The predicted octanol–water partition coefficient (Wildman–Crippen LogP) is 1.19. The maximum Gasteiger partial charge on any atom is 0.203 e. The molecule has 0 fully saturated rings. The van der Waals surface area contributed by atoms with Crippen LogP contribution in [0.5, 0.6) is 17.2 Å². The minimum atomic E-state index is 0.649. The van der Waals surface area contributed by atoms with E-state index in [1.807, 2.05) is 12.1 Å². The van der Waals surface area contributed by atoms with Crippen molar-refractivity contribution < 1.29 is 14.2 Å². The molecule has 1 heterocycles. The normalized spacial score (nSPS) is 14.8. The zero-order valence-electron chi connectivity index (χ0n) is 9.00. The van der Waals surface area contributed by atoms with Crippen molar-refractivity contribution in [3.05, 3.63) is 17.7 Å². The SMILES string of the molecule is COc1ccc2c(c1OC)OCCNC2. The lowest BCUT2D eigenvalue weighted by atomic mass is 10.1. The number of methoxy groups -OCH3 is 2. The molecule has 0 unspecified atom stereocenters. The highest BCUT2D eigenvalue weighted by atomic mass is 16.5. The molecule has 0 bridgehead atoms. The Labute approximate surface area is 89.1 Å². The molecule has 0 amide bonds. The van der Waals surface area contributed by atoms with Gasteiger partial charge in [-0.15, -0.1) is 0 Å². The first-order valence-electron chi connectivity index (χ1n) is 4.94. The number of hydrogen-bond donors (Lipinski definition) is 1. The van der Waals surface area contributed by atoms with E-state index < -0.39 is 0 Å². The molecule has 2 rings (SSSR count). The lowest BCUT2D eigenvalue weighted by Crippen LogP contribution is -2.16. The molecule has 0 saturated carbocycles. The van der Waals surface area contributed by atoms with E-state index in [0.717, 1.165) is 24.4 Å². The summed E-state index contributed by atoms with van der Waals surface area (Å²) < 4.78 is 16.2. The Balaban J connectivity index is 2.47. The van der Waals surface area contributed by atoms with Crippen LogP contribution < -0.4 is 19.5 Å². The summed E-state index contributed by atoms with van der Waals surface area (Å²) in [7, 11) is 3.25. The second-order valence-corrected chi connectivity index (χ2v) is 3.31. The standard InChI is InChI=1S/C11H15NO3/c1-13-9-4-3-8-7-12-5-6-15-10(8)11(9)14-2/h3-4,12H,5-7H2,1-2H3. The van der Waals surface area contributed by atoms with E-state index in [2.05, 4.69) is 5.32 Å². The second-order valence-electron chi connectivity index (χ2n) is 3.31. The molecule has 0 spiro atoms. The van der Waals surface area contributed by atoms with Gasteiger partial charge in [-0.1, -0.05) is 6.07 Å². The van der Waals surface area contributed by atoms with Crippen LogP contribution in [-0.4, -0.2) is 27.4 Å². The first kappa shape index (κ1) is 10.1. The van der Waals surface area contributed by atoms with Crippen LogP contribution in [-0.2, 0) is 6.54 Å². The molecule has 0 radical (unpaired) electrons. The highest BCUT2D eigenvalue weighted by molar-refractivity contribution is 5.55. The van der Waals surface area contributed by atoms with Gasteiger partial charge in [0.05, 0.1) is 14.2 Å². The van der Waals surface area contributed by atoms with Crippen LogP contribution in [0.1, 0.15) is 5.56 Å². The van der Waals surface area contributed by atoms with Crippen LogP contribution in [0.25, 0.3) is 0 Å². The van der Waals surface area contributed by atoms with Gasteiger partial charge in [0.15, 0.2) is 11.5 Å². The number of fused-ring (bicyclic) bond motifs is 1. The molecule has 4 nitrogen and oxygen atoms in total. The van der Waals surface area contributed by atoms with Gasteiger partial charge in [0.1, 0.15) is 6.61 Å². The fourth-order valence-electron chi connectivity index (χ4n) is 1.69. The van der Waals surface area contributed by atoms with Crippen LogP contribution in [0.4, 0.5) is 0 Å². The van der Waals surface area contributed by atoms with Crippen molar-refractivity contribution in [1.29, 1.82) is 0 Å². The average molecular weight is 209 g/mol. The molecule has 1 aliphatic heterocycles. The third kappa shape index (κ3) is 1.85. The highest BCUT2D eigenvalue weighted by Crippen LogP contribution is 2.40. The minimum absolute atomic E-state index is 0.649. The quantitative estimate of drug-likeness (QED) is 0.794. The van der Waals surface area contributed by atoms with Gasteiger partial charge in [-0.25, -0.2) is 0 Å². The van der Waals surface area contributed by atoms with Gasteiger partial charge in [-0.05, 0) is 6.07 Å². The lowest BCUT2D eigenvalue weighted by Gasteiger charge is -2.14. The van der Waals surface area contributed by atoms with Crippen LogP contribution >= 0.6 is 0 Å². The number of nitrogens with one attached hydrogen (secondary N) is 1. The number of benzene rings is 1. The van der Waals surface area contributed by atoms with Crippen molar-refractivity contribution in [3.8, 4) is 17.2 Å². The summed E-state index contributed by atoms with van der Waals surface area (Å²) in [5.41, 5.74) is 1.10. The summed E-state index contributed by atoms with van der Waals surface area (Å²) in [6, 6.07) is 3.89. The number of hydrogen-bond acceptors (Lipinski definition) is 4. The highest BCUT2D eigenvalue weighted by Gasteiger charge is 2.17. The van der Waals surface area contributed by atoms with E-state index in [1.54, 1.807) is 14.2 Å². The first-order chi connectivity index (χ1) is 7.36. The molecule has 0 saturated heterocycles. The molecule has 1 aliphatic rings. The fourth-order valence-corrected chi connectivity index (χ4v) is 1.69. The molecule has 82 valence electrons. The summed E-state index contributed by atoms with van der Waals surface area (Å²) in [6.07, 6.45) is 0. The van der Waals surface area contributed by atoms with Gasteiger partial charge in [0.25, 0.3) is 0 Å². The fraction of sp³-hybridized carbons (Fsp3) is 0.455. The van der Waals surface area contributed by atoms with Gasteiger partial charge in [0, 0.05) is 18.7 Å². The van der Waals surface area contributed by atoms with Gasteiger partial charge in [-0.2, -0.15) is 0 Å². The van der Waals surface area contributed by atoms with Crippen molar-refractivity contribution in [3.63, 3.8) is 0 Å². The number of ether oxygens (including phenoxy) is 3. The Morgan fingerprint density at radius 3 is 2.87 bits per heavy atom. The van der Waals surface area contributed by atoms with E-state index in [0.29, 0.717) is 18.1 Å². The minimum Gasteiger partial charge on any atom is -0.493 e. The third-order valence-electron chi connectivity index (χ3n) is 2.42. The van der Waals surface area contributed by atoms with Gasteiger partial charge < -0.3 is 19.5 Å². The maximum atomic E-state index is 5.65. The average Bonchev–Trinajstić information content (AvgIpc) is 2.52. The van der Waals surface area contributed by atoms with Crippen molar-refractivity contribution in [2.45, 2.75) is 6.54 Å². The predicted molar refractivity (Wildman–Crippen MR) is 56.7 cm³/mol. The van der Waals surface area contributed by atoms with Crippen molar-refractivity contribution in [1.82, 2.24) is 5.32 Å². The maximum absolute atomic E-state index is 5.65. The van der Waals surface area contributed by atoms with Crippen molar-refractivity contribution in [2.75, 3.05) is 27.4 Å². The Morgan fingerprint density at radius 1 is 1.27 bits per heavy atom. The second kappa shape index (κ2) is 4.40. The summed E-state index contributed by atoms with van der Waals surface area (Å²) >= 11 is 0. The zero-order chi connectivity index (χ0) is 10.7. The van der Waals surface area contributed by atoms with E-state index in [1.165, 1.54) is 0 Å². The molecule has 0 atom stereocenters. The largest absolute Gasteiger partial charge is 0.493 e. The number of rotatable bonds is 2. The summed E-state index contributed by atoms with van der Waals surface area (Å²) in [5, 5.41) is 3.27. The van der Waals surface area contributed by atoms with E-state index >= 15 is 0 Å². The molecule has 1 N–H and O–H groups in total. The van der Waals surface area contributed by atoms with E-state index in [9.17, 15) is 0 Å². The smallest absolute Gasteiger partial charge is 0.203 e. The molecule has 0 aromatic heterocycles. The lowest BCUT2D eigenvalue weighted by molar-refractivity contribution is 0.290. The molecule has 4 heteroatoms. The summed E-state index contributed by atoms with van der Waals surface area (Å²) in [6.45, 7) is 2.30. The van der Waals surface area contributed by atoms with Crippen molar-refractivity contribution in [2.24, 2.45) is 0 Å². The summed E-state index contributed by atoms with van der Waals surface area (Å²) in [5.74, 6) is 2.18. The van der Waals surface area contributed by atoms with Crippen LogP contribution in [0.3, 0.4) is 0 Å². The van der Waals surface area contributed by atoms with Gasteiger partial charge >= 0.3 is 0 Å². The zero-order valence-corrected chi connectivity index (χ0v) is 9.00. The van der Waals surface area contributed by atoms with E-state index in [4.69, 9.17) is 14.2 Å². The molecule has 0 aliphatic carbocycles. The first-order valence-corrected chi connectivity index (χ1v) is 4.94.